The van der Waals surface area contributed by atoms with E-state index < -0.39 is 0 Å². The minimum Gasteiger partial charge on any atom is -0.447 e. The molecule has 1 rings (SSSR count). The van der Waals surface area contributed by atoms with E-state index in [1.165, 1.54) is 0 Å². The lowest BCUT2D eigenvalue weighted by Gasteiger charge is -2.12. The second kappa shape index (κ2) is 5.26. The Morgan fingerprint density at radius 3 is 1.53 bits per heavy atom. The highest BCUT2D eigenvalue weighted by atomic mass is 35.5. The maximum atomic E-state index is 5.88. The Balaban J connectivity index is 3.45. The Morgan fingerprint density at radius 2 is 1.20 bits per heavy atom. The van der Waals surface area contributed by atoms with Crippen molar-refractivity contribution >= 4 is 75.3 Å². The number of halogens is 5. The van der Waals surface area contributed by atoms with Gasteiger partial charge in [-0.15, -0.1) is 0 Å². The first-order chi connectivity index (χ1) is 6.86. The number of benzene rings is 1. The third-order valence-electron chi connectivity index (χ3n) is 1.42. The van der Waals surface area contributed by atoms with Crippen LogP contribution in [0.3, 0.4) is 0 Å². The van der Waals surface area contributed by atoms with Gasteiger partial charge in [0.25, 0.3) is 0 Å². The van der Waals surface area contributed by atoms with Crippen LogP contribution in [0.4, 0.5) is 0 Å². The number of hydrogen-bond acceptors (Lipinski definition) is 2. The van der Waals surface area contributed by atoms with Crippen LogP contribution in [0.1, 0.15) is 6.92 Å². The molecule has 1 aromatic carbocycles. The van der Waals surface area contributed by atoms with Crippen molar-refractivity contribution in [1.29, 1.82) is 0 Å². The molecule has 15 heavy (non-hydrogen) atoms. The lowest BCUT2D eigenvalue weighted by Crippen LogP contribution is -2.00. The molecule has 0 fully saturated rings. The fourth-order valence-corrected chi connectivity index (χ4v) is 2.10. The molecular formula is C8H3Cl5OS. The fraction of sp³-hybridized carbons (Fsp3) is 0.125. The predicted octanol–water partition coefficient (Wildman–Crippen LogP) is 5.68. The molecule has 1 nitrogen and oxygen atoms in total. The van der Waals surface area contributed by atoms with E-state index in [2.05, 4.69) is 0 Å². The van der Waals surface area contributed by atoms with Gasteiger partial charge in [-0.05, 0) is 12.2 Å². The molecule has 0 spiro atoms. The van der Waals surface area contributed by atoms with Crippen LogP contribution in [0, 0.1) is 0 Å². The average molecular weight is 324 g/mol. The highest BCUT2D eigenvalue weighted by Crippen LogP contribution is 2.48. The molecule has 0 saturated heterocycles. The monoisotopic (exact) mass is 322 g/mol. The molecule has 82 valence electrons. The molecule has 0 saturated carbocycles. The zero-order valence-electron chi connectivity index (χ0n) is 7.21. The van der Waals surface area contributed by atoms with Gasteiger partial charge in [-0.2, -0.15) is 0 Å². The summed E-state index contributed by atoms with van der Waals surface area (Å²) in [5.74, 6) is 0.116. The molecule has 0 aliphatic heterocycles. The third kappa shape index (κ3) is 2.82. The Bertz CT molecular complexity index is 403. The maximum Gasteiger partial charge on any atom is 0.168 e. The summed E-state index contributed by atoms with van der Waals surface area (Å²) >= 11 is 33.9. The quantitative estimate of drug-likeness (QED) is 0.373. The smallest absolute Gasteiger partial charge is 0.168 e. The van der Waals surface area contributed by atoms with E-state index in [1.807, 2.05) is 0 Å². The summed E-state index contributed by atoms with van der Waals surface area (Å²) in [4.78, 5) is 0. The normalized spacial score (nSPS) is 10.3. The van der Waals surface area contributed by atoms with Crippen molar-refractivity contribution in [3.63, 3.8) is 0 Å². The Kier molecular flexibility index (Phi) is 4.78. The first-order valence-electron chi connectivity index (χ1n) is 3.56. The molecule has 0 N–H and O–H groups in total. The zero-order chi connectivity index (χ0) is 11.7. The molecule has 0 aliphatic carbocycles. The third-order valence-corrected chi connectivity index (χ3v) is 3.74. The van der Waals surface area contributed by atoms with Gasteiger partial charge < -0.3 is 4.74 Å². The van der Waals surface area contributed by atoms with Crippen molar-refractivity contribution < 1.29 is 4.74 Å². The van der Waals surface area contributed by atoms with E-state index in [4.69, 9.17) is 75.0 Å². The molecule has 0 amide bonds. The summed E-state index contributed by atoms with van der Waals surface area (Å²) in [7, 11) is 0. The van der Waals surface area contributed by atoms with Gasteiger partial charge in [-0.1, -0.05) is 58.0 Å². The minimum atomic E-state index is 0.0824. The molecule has 0 bridgehead atoms. The van der Waals surface area contributed by atoms with Crippen molar-refractivity contribution in [2.45, 2.75) is 6.92 Å². The number of rotatable bonds is 1. The van der Waals surface area contributed by atoms with Crippen LogP contribution in [0.5, 0.6) is 5.75 Å². The molecule has 0 aliphatic rings. The van der Waals surface area contributed by atoms with Crippen LogP contribution in [-0.2, 0) is 0 Å². The van der Waals surface area contributed by atoms with Crippen LogP contribution in [0.15, 0.2) is 0 Å². The minimum absolute atomic E-state index is 0.0824. The molecule has 0 heterocycles. The molecule has 0 aromatic heterocycles. The summed E-state index contributed by atoms with van der Waals surface area (Å²) in [6.07, 6.45) is 0. The summed E-state index contributed by atoms with van der Waals surface area (Å²) in [6, 6.07) is 0. The van der Waals surface area contributed by atoms with Gasteiger partial charge in [-0.3, -0.25) is 0 Å². The fourth-order valence-electron chi connectivity index (χ4n) is 0.818. The molecule has 1 aromatic rings. The lowest BCUT2D eigenvalue weighted by molar-refractivity contribution is 0.562. The van der Waals surface area contributed by atoms with Crippen LogP contribution in [0.2, 0.25) is 25.1 Å². The first-order valence-corrected chi connectivity index (χ1v) is 5.86. The topological polar surface area (TPSA) is 9.23 Å². The second-order valence-electron chi connectivity index (χ2n) is 2.49. The largest absolute Gasteiger partial charge is 0.447 e. The second-order valence-corrected chi connectivity index (χ2v) is 4.96. The van der Waals surface area contributed by atoms with Gasteiger partial charge in [0, 0.05) is 6.92 Å². The maximum absolute atomic E-state index is 5.88. The van der Waals surface area contributed by atoms with E-state index in [9.17, 15) is 0 Å². The predicted molar refractivity (Wildman–Crippen MR) is 70.4 cm³/mol. The van der Waals surface area contributed by atoms with Gasteiger partial charge in [0.2, 0.25) is 0 Å². The van der Waals surface area contributed by atoms with Gasteiger partial charge in [-0.25, -0.2) is 0 Å². The molecule has 0 radical (unpaired) electrons. The highest BCUT2D eigenvalue weighted by Gasteiger charge is 2.20. The van der Waals surface area contributed by atoms with Gasteiger partial charge in [0.15, 0.2) is 10.8 Å². The van der Waals surface area contributed by atoms with Crippen molar-refractivity contribution in [2.75, 3.05) is 0 Å². The Hall–Kier alpha value is 0.560. The van der Waals surface area contributed by atoms with Gasteiger partial charge >= 0.3 is 0 Å². The zero-order valence-corrected chi connectivity index (χ0v) is 11.8. The van der Waals surface area contributed by atoms with Crippen molar-refractivity contribution in [3.05, 3.63) is 25.1 Å². The Labute approximate surface area is 117 Å². The average Bonchev–Trinajstić information content (AvgIpc) is 2.18. The number of thiocarbonyl (C=S) groups is 1. The van der Waals surface area contributed by atoms with Gasteiger partial charge in [0.1, 0.15) is 10.0 Å². The summed E-state index contributed by atoms with van der Waals surface area (Å²) in [5.41, 5.74) is 0. The standard InChI is InChI=1S/C8H3Cl5OS/c1-2(15)14-8-6(12)4(10)3(9)5(11)7(8)13/h1H3. The SMILES string of the molecule is CC(=S)Oc1c(Cl)c(Cl)c(Cl)c(Cl)c1Cl. The summed E-state index contributed by atoms with van der Waals surface area (Å²) in [6.45, 7) is 1.57. The first kappa shape index (κ1) is 13.6. The van der Waals surface area contributed by atoms with Crippen molar-refractivity contribution in [1.82, 2.24) is 0 Å². The Morgan fingerprint density at radius 1 is 0.867 bits per heavy atom. The lowest BCUT2D eigenvalue weighted by atomic mass is 10.3. The van der Waals surface area contributed by atoms with E-state index in [1.54, 1.807) is 6.92 Å². The van der Waals surface area contributed by atoms with E-state index in [0.717, 1.165) is 0 Å². The van der Waals surface area contributed by atoms with Crippen molar-refractivity contribution in [3.8, 4) is 5.75 Å². The van der Waals surface area contributed by atoms with Crippen LogP contribution >= 0.6 is 70.2 Å². The van der Waals surface area contributed by atoms with Crippen LogP contribution < -0.4 is 4.74 Å². The number of ether oxygens (including phenoxy) is 1. The summed E-state index contributed by atoms with van der Waals surface area (Å²) in [5, 5.41) is 0.662. The van der Waals surface area contributed by atoms with E-state index in [-0.39, 0.29) is 35.9 Å². The van der Waals surface area contributed by atoms with E-state index >= 15 is 0 Å². The highest BCUT2D eigenvalue weighted by molar-refractivity contribution is 7.80. The summed E-state index contributed by atoms with van der Waals surface area (Å²) < 4.78 is 5.13. The molecule has 0 unspecified atom stereocenters. The molecule has 0 atom stereocenters. The molecular weight excluding hydrogens is 321 g/mol. The van der Waals surface area contributed by atoms with Crippen LogP contribution in [0.25, 0.3) is 0 Å². The van der Waals surface area contributed by atoms with Crippen molar-refractivity contribution in [2.24, 2.45) is 0 Å². The van der Waals surface area contributed by atoms with Crippen LogP contribution in [-0.4, -0.2) is 5.05 Å². The van der Waals surface area contributed by atoms with E-state index in [0.29, 0.717) is 0 Å². The number of hydrogen-bond donors (Lipinski definition) is 0. The molecule has 7 heteroatoms. The van der Waals surface area contributed by atoms with Gasteiger partial charge in [0.05, 0.1) is 15.1 Å².